The maximum atomic E-state index is 11.3. The first-order valence-corrected chi connectivity index (χ1v) is 9.77. The molecule has 2 aromatic rings. The van der Waals surface area contributed by atoms with Gasteiger partial charge in [-0.2, -0.15) is 10.2 Å². The lowest BCUT2D eigenvalue weighted by atomic mass is 9.93. The van der Waals surface area contributed by atoms with Gasteiger partial charge in [0.1, 0.15) is 0 Å². The minimum Gasteiger partial charge on any atom is -0.463 e. The minimum absolute atomic E-state index is 0.0168. The van der Waals surface area contributed by atoms with E-state index >= 15 is 0 Å². The summed E-state index contributed by atoms with van der Waals surface area (Å²) in [5, 5.41) is 18.9. The van der Waals surface area contributed by atoms with Crippen LogP contribution in [0.5, 0.6) is 0 Å². The molecule has 0 saturated carbocycles. The van der Waals surface area contributed by atoms with E-state index in [-0.39, 0.29) is 24.8 Å². The van der Waals surface area contributed by atoms with Crippen LogP contribution < -0.4 is 0 Å². The number of nitrogens with zero attached hydrogens (tertiary/aromatic N) is 3. The van der Waals surface area contributed by atoms with Gasteiger partial charge in [-0.25, -0.2) is 9.59 Å². The van der Waals surface area contributed by atoms with Crippen molar-refractivity contribution in [1.82, 2.24) is 0 Å². The SMILES string of the molecule is C=CC(=O)OCCC(CCOC(=O)C=C)c1ccc(N=Nc2ccc([N+](=O)[O-])cc2)cc1. The highest BCUT2D eigenvalue weighted by atomic mass is 16.6. The quantitative estimate of drug-likeness (QED) is 0.145. The lowest BCUT2D eigenvalue weighted by molar-refractivity contribution is -0.384. The van der Waals surface area contributed by atoms with Crippen molar-refractivity contribution in [3.63, 3.8) is 0 Å². The van der Waals surface area contributed by atoms with Crippen LogP contribution in [0.1, 0.15) is 24.3 Å². The Labute approximate surface area is 185 Å². The number of ether oxygens (including phenoxy) is 2. The summed E-state index contributed by atoms with van der Waals surface area (Å²) in [5.41, 5.74) is 2.04. The number of hydrogen-bond acceptors (Lipinski definition) is 8. The molecule has 0 N–H and O–H groups in total. The van der Waals surface area contributed by atoms with Crippen LogP contribution in [0.15, 0.2) is 84.1 Å². The third kappa shape index (κ3) is 7.94. The summed E-state index contributed by atoms with van der Waals surface area (Å²) in [5.74, 6) is -1.02. The van der Waals surface area contributed by atoms with Crippen molar-refractivity contribution in [2.45, 2.75) is 18.8 Å². The molecule has 0 aliphatic carbocycles. The van der Waals surface area contributed by atoms with Gasteiger partial charge in [-0.3, -0.25) is 10.1 Å². The molecule has 166 valence electrons. The van der Waals surface area contributed by atoms with Crippen LogP contribution in [0, 0.1) is 10.1 Å². The first kappa shape index (κ1) is 24.1. The number of nitro benzene ring substituents is 1. The monoisotopic (exact) mass is 437 g/mol. The maximum Gasteiger partial charge on any atom is 0.330 e. The highest BCUT2D eigenvalue weighted by molar-refractivity contribution is 5.81. The summed E-state index contributed by atoms with van der Waals surface area (Å²) in [6.45, 7) is 7.13. The molecule has 0 aromatic heterocycles. The second kappa shape index (κ2) is 12.5. The Bertz CT molecular complexity index is 958. The number of non-ortho nitro benzene ring substituents is 1. The number of hydrogen-bond donors (Lipinski definition) is 0. The highest BCUT2D eigenvalue weighted by Crippen LogP contribution is 2.27. The maximum absolute atomic E-state index is 11.3. The third-order valence-corrected chi connectivity index (χ3v) is 4.46. The largest absolute Gasteiger partial charge is 0.463 e. The predicted octanol–water partition coefficient (Wildman–Crippen LogP) is 5.33. The molecular weight excluding hydrogens is 414 g/mol. The van der Waals surface area contributed by atoms with Crippen molar-refractivity contribution in [2.24, 2.45) is 10.2 Å². The number of rotatable bonds is 12. The molecule has 0 amide bonds. The normalized spacial score (nSPS) is 10.7. The Hall–Kier alpha value is -4.14. The molecule has 0 bridgehead atoms. The smallest absolute Gasteiger partial charge is 0.330 e. The van der Waals surface area contributed by atoms with Crippen LogP contribution in [0.2, 0.25) is 0 Å². The molecule has 0 heterocycles. The van der Waals surface area contributed by atoms with Gasteiger partial charge >= 0.3 is 11.9 Å². The van der Waals surface area contributed by atoms with Crippen LogP contribution in [0.3, 0.4) is 0 Å². The standard InChI is InChI=1S/C23H23N3O6/c1-3-22(27)31-15-13-18(14-16-32-23(28)4-2)17-5-7-19(8-6-17)24-25-20-9-11-21(12-10-20)26(29)30/h3-12,18H,1-2,13-16H2. The fourth-order valence-electron chi connectivity index (χ4n) is 2.77. The zero-order valence-electron chi connectivity index (χ0n) is 17.4. The first-order chi connectivity index (χ1) is 15.4. The number of benzene rings is 2. The fraction of sp³-hybridized carbons (Fsp3) is 0.217. The Morgan fingerprint density at radius 1 is 0.875 bits per heavy atom. The number of carbonyl (C=O) groups excluding carboxylic acids is 2. The van der Waals surface area contributed by atoms with Crippen LogP contribution in [-0.4, -0.2) is 30.1 Å². The second-order valence-electron chi connectivity index (χ2n) is 6.58. The van der Waals surface area contributed by atoms with Crippen LogP contribution in [0.4, 0.5) is 17.1 Å². The Morgan fingerprint density at radius 2 is 1.31 bits per heavy atom. The summed E-state index contributed by atoms with van der Waals surface area (Å²) in [4.78, 5) is 32.8. The fourth-order valence-corrected chi connectivity index (χ4v) is 2.77. The van der Waals surface area contributed by atoms with Crippen molar-refractivity contribution < 1.29 is 24.0 Å². The van der Waals surface area contributed by atoms with Gasteiger partial charge in [0.2, 0.25) is 0 Å². The van der Waals surface area contributed by atoms with Gasteiger partial charge < -0.3 is 9.47 Å². The molecule has 0 fully saturated rings. The van der Waals surface area contributed by atoms with E-state index in [0.29, 0.717) is 24.2 Å². The minimum atomic E-state index is -0.496. The van der Waals surface area contributed by atoms with Crippen LogP contribution >= 0.6 is 0 Å². The first-order valence-electron chi connectivity index (χ1n) is 9.77. The van der Waals surface area contributed by atoms with Crippen molar-refractivity contribution in [3.8, 4) is 0 Å². The molecule has 9 heteroatoms. The van der Waals surface area contributed by atoms with E-state index in [1.807, 2.05) is 12.1 Å². The third-order valence-electron chi connectivity index (χ3n) is 4.46. The lowest BCUT2D eigenvalue weighted by Crippen LogP contribution is -2.11. The van der Waals surface area contributed by atoms with Gasteiger partial charge in [-0.1, -0.05) is 25.3 Å². The molecule has 0 spiro atoms. The van der Waals surface area contributed by atoms with E-state index in [9.17, 15) is 19.7 Å². The van der Waals surface area contributed by atoms with E-state index in [0.717, 1.165) is 17.7 Å². The predicted molar refractivity (Wildman–Crippen MR) is 118 cm³/mol. The van der Waals surface area contributed by atoms with Gasteiger partial charge in [0.15, 0.2) is 0 Å². The number of nitro groups is 1. The van der Waals surface area contributed by atoms with E-state index in [1.54, 1.807) is 12.1 Å². The van der Waals surface area contributed by atoms with Crippen molar-refractivity contribution in [1.29, 1.82) is 0 Å². The van der Waals surface area contributed by atoms with E-state index < -0.39 is 16.9 Å². The Balaban J connectivity index is 2.04. The molecule has 32 heavy (non-hydrogen) atoms. The Kier molecular flexibility index (Phi) is 9.45. The summed E-state index contributed by atoms with van der Waals surface area (Å²) in [6, 6.07) is 13.1. The van der Waals surface area contributed by atoms with Crippen LogP contribution in [-0.2, 0) is 19.1 Å². The average molecular weight is 437 g/mol. The second-order valence-corrected chi connectivity index (χ2v) is 6.58. The average Bonchev–Trinajstić information content (AvgIpc) is 2.82. The molecule has 9 nitrogen and oxygen atoms in total. The van der Waals surface area contributed by atoms with Crippen molar-refractivity contribution in [3.05, 3.63) is 89.5 Å². The van der Waals surface area contributed by atoms with Gasteiger partial charge in [-0.15, -0.1) is 0 Å². The number of carbonyl (C=O) groups is 2. The summed E-state index contributed by atoms with van der Waals surface area (Å²) in [6.07, 6.45) is 3.28. The van der Waals surface area contributed by atoms with Gasteiger partial charge in [0.25, 0.3) is 5.69 Å². The summed E-state index contributed by atoms with van der Waals surface area (Å²) >= 11 is 0. The highest BCUT2D eigenvalue weighted by Gasteiger charge is 2.14. The van der Waals surface area contributed by atoms with Crippen molar-refractivity contribution >= 4 is 29.0 Å². The van der Waals surface area contributed by atoms with Gasteiger partial charge in [-0.05, 0) is 48.6 Å². The molecular formula is C23H23N3O6. The molecule has 0 aliphatic rings. The summed E-state index contributed by atoms with van der Waals surface area (Å²) < 4.78 is 10.1. The van der Waals surface area contributed by atoms with E-state index in [2.05, 4.69) is 23.4 Å². The number of esters is 2. The topological polar surface area (TPSA) is 120 Å². The van der Waals surface area contributed by atoms with Crippen molar-refractivity contribution in [2.75, 3.05) is 13.2 Å². The molecule has 0 radical (unpaired) electrons. The summed E-state index contributed by atoms with van der Waals surface area (Å²) in [7, 11) is 0. The lowest BCUT2D eigenvalue weighted by Gasteiger charge is -2.17. The molecule has 0 atom stereocenters. The zero-order valence-corrected chi connectivity index (χ0v) is 17.4. The molecule has 2 rings (SSSR count). The Morgan fingerprint density at radius 3 is 1.72 bits per heavy atom. The molecule has 2 aromatic carbocycles. The molecule has 0 aliphatic heterocycles. The number of azo groups is 1. The van der Waals surface area contributed by atoms with E-state index in [4.69, 9.17) is 9.47 Å². The molecule has 0 saturated heterocycles. The van der Waals surface area contributed by atoms with Gasteiger partial charge in [0.05, 0.1) is 29.5 Å². The molecule has 0 unspecified atom stereocenters. The van der Waals surface area contributed by atoms with Crippen LogP contribution in [0.25, 0.3) is 0 Å². The van der Waals surface area contributed by atoms with E-state index in [1.165, 1.54) is 24.3 Å². The zero-order chi connectivity index (χ0) is 23.3. The van der Waals surface area contributed by atoms with Gasteiger partial charge in [0, 0.05) is 24.3 Å².